The molecule has 0 unspecified atom stereocenters. The molecule has 1 amide bonds. The molecule has 1 aromatic rings. The van der Waals surface area contributed by atoms with Crippen LogP contribution >= 0.6 is 23.2 Å². The number of hydrogen-bond acceptors (Lipinski definition) is 4. The Hall–Kier alpha value is -1.37. The molecule has 0 saturated carbocycles. The first-order valence-corrected chi connectivity index (χ1v) is 6.24. The number of carbonyl (C=O) groups is 1. The molecule has 0 aliphatic rings. The Morgan fingerprint density at radius 2 is 1.95 bits per heavy atom. The summed E-state index contributed by atoms with van der Waals surface area (Å²) in [5.74, 6) is -0.593. The van der Waals surface area contributed by atoms with Gasteiger partial charge in [-0.2, -0.15) is 0 Å². The monoisotopic (exact) mass is 306 g/mol. The fraction of sp³-hybridized carbons (Fsp3) is 0.364. The lowest BCUT2D eigenvalue weighted by Crippen LogP contribution is -2.41. The molecule has 0 radical (unpaired) electrons. The second-order valence-corrected chi connectivity index (χ2v) is 4.91. The number of alkyl halides is 2. The van der Waals surface area contributed by atoms with Gasteiger partial charge in [-0.05, 0) is 12.0 Å². The second-order valence-electron chi connectivity index (χ2n) is 3.82. The van der Waals surface area contributed by atoms with E-state index in [9.17, 15) is 14.9 Å². The maximum Gasteiger partial charge on any atom is 0.269 e. The number of nitro groups is 1. The standard InChI is InChI=1S/C11H12Cl2N2O4/c12-10(13)11(17)14-8(6-16)5-7-1-3-9(4-2-7)15(18)19/h1-4,8,10,16H,5-6H2,(H,14,17)/t8-/m0/s1. The molecular weight excluding hydrogens is 295 g/mol. The molecule has 0 fully saturated rings. The normalized spacial score (nSPS) is 12.2. The van der Waals surface area contributed by atoms with Crippen molar-refractivity contribution in [3.05, 3.63) is 39.9 Å². The van der Waals surface area contributed by atoms with E-state index in [1.165, 1.54) is 12.1 Å². The van der Waals surface area contributed by atoms with Gasteiger partial charge in [-0.25, -0.2) is 0 Å². The number of halogens is 2. The van der Waals surface area contributed by atoms with Crippen LogP contribution in [0.25, 0.3) is 0 Å². The van der Waals surface area contributed by atoms with Crippen LogP contribution in [0.1, 0.15) is 5.56 Å². The molecule has 1 aromatic carbocycles. The lowest BCUT2D eigenvalue weighted by atomic mass is 10.1. The SMILES string of the molecule is O=C(N[C@H](CO)Cc1ccc([N+](=O)[O-])cc1)C(Cl)Cl. The van der Waals surface area contributed by atoms with E-state index in [2.05, 4.69) is 5.32 Å². The topological polar surface area (TPSA) is 92.5 Å². The first-order chi connectivity index (χ1) is 8.93. The summed E-state index contributed by atoms with van der Waals surface area (Å²) >= 11 is 10.8. The molecule has 1 atom stereocenters. The van der Waals surface area contributed by atoms with Crippen LogP contribution in [0.3, 0.4) is 0 Å². The maximum absolute atomic E-state index is 11.3. The van der Waals surface area contributed by atoms with Crippen LogP contribution in [0.2, 0.25) is 0 Å². The molecule has 0 heterocycles. The van der Waals surface area contributed by atoms with Gasteiger partial charge in [0.15, 0.2) is 4.84 Å². The minimum absolute atomic E-state index is 0.0186. The summed E-state index contributed by atoms with van der Waals surface area (Å²) in [6, 6.07) is 5.29. The summed E-state index contributed by atoms with van der Waals surface area (Å²) in [5, 5.41) is 22.1. The number of aliphatic hydroxyl groups is 1. The molecule has 0 spiro atoms. The number of hydrogen-bond donors (Lipinski definition) is 2. The highest BCUT2D eigenvalue weighted by Crippen LogP contribution is 2.13. The summed E-state index contributed by atoms with van der Waals surface area (Å²) in [6.07, 6.45) is 0.320. The number of amides is 1. The van der Waals surface area contributed by atoms with Crippen molar-refractivity contribution in [1.82, 2.24) is 5.32 Å². The minimum atomic E-state index is -1.20. The van der Waals surface area contributed by atoms with E-state index in [4.69, 9.17) is 28.3 Å². The lowest BCUT2D eigenvalue weighted by Gasteiger charge is -2.16. The van der Waals surface area contributed by atoms with E-state index in [0.29, 0.717) is 6.42 Å². The Morgan fingerprint density at radius 1 is 1.37 bits per heavy atom. The van der Waals surface area contributed by atoms with Crippen molar-refractivity contribution in [2.75, 3.05) is 6.61 Å². The highest BCUT2D eigenvalue weighted by molar-refractivity contribution is 6.53. The predicted octanol–water partition coefficient (Wildman–Crippen LogP) is 1.42. The number of carbonyl (C=O) groups excluding carboxylic acids is 1. The Balaban J connectivity index is 2.65. The molecule has 19 heavy (non-hydrogen) atoms. The fourth-order valence-corrected chi connectivity index (χ4v) is 1.59. The third-order valence-electron chi connectivity index (χ3n) is 2.39. The number of aliphatic hydroxyl groups excluding tert-OH is 1. The van der Waals surface area contributed by atoms with Crippen LogP contribution in [0.15, 0.2) is 24.3 Å². The number of rotatable bonds is 6. The van der Waals surface area contributed by atoms with Gasteiger partial charge in [0, 0.05) is 12.1 Å². The van der Waals surface area contributed by atoms with Crippen LogP contribution in [-0.4, -0.2) is 33.4 Å². The van der Waals surface area contributed by atoms with E-state index in [1.807, 2.05) is 0 Å². The first-order valence-electron chi connectivity index (χ1n) is 5.36. The smallest absolute Gasteiger partial charge is 0.269 e. The van der Waals surface area contributed by atoms with Crippen molar-refractivity contribution in [3.63, 3.8) is 0 Å². The summed E-state index contributed by atoms with van der Waals surface area (Å²) in [5.41, 5.74) is 0.723. The van der Waals surface area contributed by atoms with Crippen molar-refractivity contribution in [3.8, 4) is 0 Å². The molecule has 0 aromatic heterocycles. The fourth-order valence-electron chi connectivity index (χ4n) is 1.46. The summed E-state index contributed by atoms with van der Waals surface area (Å²) < 4.78 is 0. The lowest BCUT2D eigenvalue weighted by molar-refractivity contribution is -0.384. The molecule has 0 aliphatic carbocycles. The highest BCUT2D eigenvalue weighted by Gasteiger charge is 2.17. The minimum Gasteiger partial charge on any atom is -0.394 e. The third-order valence-corrected chi connectivity index (χ3v) is 2.79. The van der Waals surface area contributed by atoms with Gasteiger partial charge < -0.3 is 10.4 Å². The molecule has 0 bridgehead atoms. The van der Waals surface area contributed by atoms with Crippen LogP contribution in [0, 0.1) is 10.1 Å². The van der Waals surface area contributed by atoms with E-state index in [0.717, 1.165) is 5.56 Å². The van der Waals surface area contributed by atoms with Crippen LogP contribution in [0.4, 0.5) is 5.69 Å². The van der Waals surface area contributed by atoms with Crippen molar-refractivity contribution in [2.24, 2.45) is 0 Å². The number of nitro benzene ring substituents is 1. The summed E-state index contributed by atoms with van der Waals surface area (Å²) in [7, 11) is 0. The van der Waals surface area contributed by atoms with E-state index in [-0.39, 0.29) is 12.3 Å². The van der Waals surface area contributed by atoms with Gasteiger partial charge in [0.2, 0.25) is 0 Å². The van der Waals surface area contributed by atoms with Crippen molar-refractivity contribution in [1.29, 1.82) is 0 Å². The van der Waals surface area contributed by atoms with Crippen LogP contribution < -0.4 is 5.32 Å². The number of benzene rings is 1. The Morgan fingerprint density at radius 3 is 2.37 bits per heavy atom. The van der Waals surface area contributed by atoms with Gasteiger partial charge in [0.1, 0.15) is 0 Å². The Kier molecular flexibility index (Phi) is 6.01. The van der Waals surface area contributed by atoms with Crippen LogP contribution in [0.5, 0.6) is 0 Å². The molecule has 6 nitrogen and oxygen atoms in total. The van der Waals surface area contributed by atoms with Gasteiger partial charge >= 0.3 is 0 Å². The van der Waals surface area contributed by atoms with Gasteiger partial charge in [0.05, 0.1) is 17.6 Å². The quantitative estimate of drug-likeness (QED) is 0.472. The van der Waals surface area contributed by atoms with Crippen molar-refractivity contribution < 1.29 is 14.8 Å². The highest BCUT2D eigenvalue weighted by atomic mass is 35.5. The zero-order valence-corrected chi connectivity index (χ0v) is 11.3. The van der Waals surface area contributed by atoms with Gasteiger partial charge in [-0.15, -0.1) is 0 Å². The predicted molar refractivity (Wildman–Crippen MR) is 71.3 cm³/mol. The maximum atomic E-state index is 11.3. The first kappa shape index (κ1) is 15.7. The average Bonchev–Trinajstić information content (AvgIpc) is 2.38. The molecule has 8 heteroatoms. The zero-order valence-electron chi connectivity index (χ0n) is 9.75. The van der Waals surface area contributed by atoms with Crippen LogP contribution in [-0.2, 0) is 11.2 Å². The third kappa shape index (κ3) is 5.02. The number of non-ortho nitro benzene ring substituents is 1. The molecule has 104 valence electrons. The van der Waals surface area contributed by atoms with E-state index >= 15 is 0 Å². The van der Waals surface area contributed by atoms with Crippen molar-refractivity contribution >= 4 is 34.8 Å². The molecule has 1 rings (SSSR count). The van der Waals surface area contributed by atoms with Gasteiger partial charge in [-0.3, -0.25) is 14.9 Å². The largest absolute Gasteiger partial charge is 0.394 e. The second kappa shape index (κ2) is 7.28. The number of nitrogens with one attached hydrogen (secondary N) is 1. The van der Waals surface area contributed by atoms with Gasteiger partial charge in [-0.1, -0.05) is 35.3 Å². The average molecular weight is 307 g/mol. The summed E-state index contributed by atoms with van der Waals surface area (Å²) in [4.78, 5) is 20.1. The molecule has 0 aliphatic heterocycles. The number of nitrogens with zero attached hydrogens (tertiary/aromatic N) is 1. The van der Waals surface area contributed by atoms with Crippen molar-refractivity contribution in [2.45, 2.75) is 17.3 Å². The molecule has 0 saturated heterocycles. The van der Waals surface area contributed by atoms with Gasteiger partial charge in [0.25, 0.3) is 11.6 Å². The van der Waals surface area contributed by atoms with E-state index < -0.39 is 21.7 Å². The molecular formula is C11H12Cl2N2O4. The molecule has 2 N–H and O–H groups in total. The zero-order chi connectivity index (χ0) is 14.4. The summed E-state index contributed by atoms with van der Waals surface area (Å²) in [6.45, 7) is -0.288. The Labute approximate surface area is 119 Å². The Bertz CT molecular complexity index is 451. The van der Waals surface area contributed by atoms with E-state index in [1.54, 1.807) is 12.1 Å².